The van der Waals surface area contributed by atoms with E-state index in [1.54, 1.807) is 6.07 Å². The van der Waals surface area contributed by atoms with Crippen molar-refractivity contribution in [2.45, 2.75) is 20.0 Å². The fourth-order valence-electron chi connectivity index (χ4n) is 1.65. The van der Waals surface area contributed by atoms with Gasteiger partial charge in [0.25, 0.3) is 0 Å². The fourth-order valence-corrected chi connectivity index (χ4v) is 2.21. The maximum absolute atomic E-state index is 6.17. The van der Waals surface area contributed by atoms with E-state index in [9.17, 15) is 0 Å². The van der Waals surface area contributed by atoms with Gasteiger partial charge < -0.3 is 10.5 Å². The number of halogens is 2. The summed E-state index contributed by atoms with van der Waals surface area (Å²) in [7, 11) is 0. The summed E-state index contributed by atoms with van der Waals surface area (Å²) in [6.45, 7) is 4.20. The van der Waals surface area contributed by atoms with Crippen LogP contribution in [0.1, 0.15) is 12.6 Å². The van der Waals surface area contributed by atoms with Gasteiger partial charge in [0.1, 0.15) is 11.6 Å². The predicted octanol–water partition coefficient (Wildman–Crippen LogP) is 3.58. The number of fused-ring (bicyclic) bond motifs is 1. The lowest BCUT2D eigenvalue weighted by Crippen LogP contribution is -2.23. The van der Waals surface area contributed by atoms with E-state index < -0.39 is 0 Å². The molecule has 0 aliphatic heterocycles. The minimum Gasteiger partial charge on any atom is -0.486 e. The highest BCUT2D eigenvalue weighted by Crippen LogP contribution is 2.37. The minimum atomic E-state index is -0.130. The van der Waals surface area contributed by atoms with Gasteiger partial charge in [0.05, 0.1) is 10.0 Å². The average Bonchev–Trinajstić information content (AvgIpc) is 2.33. The van der Waals surface area contributed by atoms with E-state index in [2.05, 4.69) is 4.98 Å². The lowest BCUT2D eigenvalue weighted by Gasteiger charge is -2.16. The number of rotatable bonds is 3. The van der Waals surface area contributed by atoms with Crippen LogP contribution in [0.3, 0.4) is 0 Å². The molecular formula is C13H14Cl2N2O. The van der Waals surface area contributed by atoms with Crippen LogP contribution in [0.15, 0.2) is 18.2 Å². The summed E-state index contributed by atoms with van der Waals surface area (Å²) < 4.78 is 5.74. The van der Waals surface area contributed by atoms with Gasteiger partial charge in [-0.3, -0.25) is 0 Å². The number of pyridine rings is 1. The lowest BCUT2D eigenvalue weighted by molar-refractivity contribution is 0.232. The van der Waals surface area contributed by atoms with Crippen LogP contribution in [-0.4, -0.2) is 17.6 Å². The zero-order valence-electron chi connectivity index (χ0n) is 10.2. The van der Waals surface area contributed by atoms with Crippen molar-refractivity contribution in [2.24, 2.45) is 5.73 Å². The molecule has 2 rings (SSSR count). The van der Waals surface area contributed by atoms with E-state index >= 15 is 0 Å². The largest absolute Gasteiger partial charge is 0.486 e. The lowest BCUT2D eigenvalue weighted by atomic mass is 10.2. The van der Waals surface area contributed by atoms with Crippen molar-refractivity contribution in [1.82, 2.24) is 4.98 Å². The van der Waals surface area contributed by atoms with E-state index in [1.807, 2.05) is 26.0 Å². The first-order valence-corrected chi connectivity index (χ1v) is 6.40. The molecule has 5 heteroatoms. The Morgan fingerprint density at radius 3 is 2.72 bits per heavy atom. The van der Waals surface area contributed by atoms with E-state index in [0.29, 0.717) is 27.9 Å². The molecule has 0 fully saturated rings. The van der Waals surface area contributed by atoms with Crippen LogP contribution in [-0.2, 0) is 0 Å². The maximum atomic E-state index is 6.17. The van der Waals surface area contributed by atoms with Gasteiger partial charge in [-0.2, -0.15) is 0 Å². The Kier molecular flexibility index (Phi) is 3.95. The third-order valence-electron chi connectivity index (χ3n) is 2.63. The van der Waals surface area contributed by atoms with Gasteiger partial charge in [-0.05, 0) is 32.0 Å². The number of aryl methyl sites for hydroxylation is 1. The van der Waals surface area contributed by atoms with Gasteiger partial charge >= 0.3 is 0 Å². The molecule has 0 aliphatic carbocycles. The third-order valence-corrected chi connectivity index (χ3v) is 3.22. The Labute approximate surface area is 116 Å². The Morgan fingerprint density at radius 2 is 2.06 bits per heavy atom. The van der Waals surface area contributed by atoms with Crippen LogP contribution in [0, 0.1) is 6.92 Å². The standard InChI is InChI=1S/C13H14Cl2N2O/c1-7-3-4-9-10(14)5-11(15)13(12(9)17-7)18-8(2)6-16/h3-5,8H,6,16H2,1-2H3. The minimum absolute atomic E-state index is 0.130. The van der Waals surface area contributed by atoms with Crippen molar-refractivity contribution >= 4 is 34.1 Å². The highest BCUT2D eigenvalue weighted by Gasteiger charge is 2.15. The molecule has 1 unspecified atom stereocenters. The van der Waals surface area contributed by atoms with Crippen molar-refractivity contribution in [1.29, 1.82) is 0 Å². The van der Waals surface area contributed by atoms with Gasteiger partial charge in [0.15, 0.2) is 5.75 Å². The molecule has 2 N–H and O–H groups in total. The third kappa shape index (κ3) is 2.53. The quantitative estimate of drug-likeness (QED) is 0.937. The Bertz CT molecular complexity index is 587. The topological polar surface area (TPSA) is 48.1 Å². The highest BCUT2D eigenvalue weighted by molar-refractivity contribution is 6.39. The zero-order chi connectivity index (χ0) is 13.3. The van der Waals surface area contributed by atoms with E-state index in [0.717, 1.165) is 11.1 Å². The van der Waals surface area contributed by atoms with Gasteiger partial charge in [-0.1, -0.05) is 23.2 Å². The normalized spacial score (nSPS) is 12.7. The van der Waals surface area contributed by atoms with Crippen LogP contribution in [0.25, 0.3) is 10.9 Å². The summed E-state index contributed by atoms with van der Waals surface area (Å²) >= 11 is 12.3. The first-order valence-electron chi connectivity index (χ1n) is 5.65. The number of aromatic nitrogens is 1. The molecule has 0 amide bonds. The van der Waals surface area contributed by atoms with Gasteiger partial charge in [-0.15, -0.1) is 0 Å². The van der Waals surface area contributed by atoms with Gasteiger partial charge in [-0.25, -0.2) is 4.98 Å². The summed E-state index contributed by atoms with van der Waals surface area (Å²) in [4.78, 5) is 4.45. The molecule has 2 aromatic rings. The van der Waals surface area contributed by atoms with Gasteiger partial charge in [0, 0.05) is 17.6 Å². The zero-order valence-corrected chi connectivity index (χ0v) is 11.7. The molecule has 0 saturated heterocycles. The average molecular weight is 285 g/mol. The second-order valence-electron chi connectivity index (χ2n) is 4.18. The molecule has 0 aliphatic rings. The number of hydrogen-bond donors (Lipinski definition) is 1. The number of hydrogen-bond acceptors (Lipinski definition) is 3. The summed E-state index contributed by atoms with van der Waals surface area (Å²) in [5.41, 5.74) is 7.11. The SMILES string of the molecule is Cc1ccc2c(Cl)cc(Cl)c(OC(C)CN)c2n1. The maximum Gasteiger partial charge on any atom is 0.164 e. The van der Waals surface area contributed by atoms with Crippen LogP contribution < -0.4 is 10.5 Å². The second kappa shape index (κ2) is 5.31. The van der Waals surface area contributed by atoms with Crippen LogP contribution in [0.2, 0.25) is 10.0 Å². The molecule has 0 bridgehead atoms. The van der Waals surface area contributed by atoms with Gasteiger partial charge in [0.2, 0.25) is 0 Å². The molecular weight excluding hydrogens is 271 g/mol. The fraction of sp³-hybridized carbons (Fsp3) is 0.308. The Morgan fingerprint density at radius 1 is 1.33 bits per heavy atom. The summed E-state index contributed by atoms with van der Waals surface area (Å²) in [5.74, 6) is 0.540. The van der Waals surface area contributed by atoms with Crippen molar-refractivity contribution < 1.29 is 4.74 Å². The van der Waals surface area contributed by atoms with Crippen molar-refractivity contribution in [3.8, 4) is 5.75 Å². The summed E-state index contributed by atoms with van der Waals surface area (Å²) in [5, 5.41) is 1.84. The van der Waals surface area contributed by atoms with E-state index in [1.165, 1.54) is 0 Å². The molecule has 3 nitrogen and oxygen atoms in total. The van der Waals surface area contributed by atoms with Crippen molar-refractivity contribution in [3.63, 3.8) is 0 Å². The Hall–Kier alpha value is -1.03. The van der Waals surface area contributed by atoms with Crippen LogP contribution in [0.5, 0.6) is 5.75 Å². The Balaban J connectivity index is 2.66. The second-order valence-corrected chi connectivity index (χ2v) is 5.00. The predicted molar refractivity (Wildman–Crippen MR) is 75.6 cm³/mol. The molecule has 1 atom stereocenters. The summed E-state index contributed by atoms with van der Waals surface area (Å²) in [6, 6.07) is 5.48. The van der Waals surface area contributed by atoms with Crippen molar-refractivity contribution in [2.75, 3.05) is 6.54 Å². The van der Waals surface area contributed by atoms with Crippen LogP contribution in [0.4, 0.5) is 0 Å². The molecule has 0 radical (unpaired) electrons. The molecule has 1 heterocycles. The molecule has 0 spiro atoms. The highest BCUT2D eigenvalue weighted by atomic mass is 35.5. The monoisotopic (exact) mass is 284 g/mol. The van der Waals surface area contributed by atoms with E-state index in [-0.39, 0.29) is 6.10 Å². The number of ether oxygens (including phenoxy) is 1. The van der Waals surface area contributed by atoms with Crippen LogP contribution >= 0.6 is 23.2 Å². The smallest absolute Gasteiger partial charge is 0.164 e. The summed E-state index contributed by atoms with van der Waals surface area (Å²) in [6.07, 6.45) is -0.130. The number of nitrogens with zero attached hydrogens (tertiary/aromatic N) is 1. The first kappa shape index (κ1) is 13.4. The number of nitrogens with two attached hydrogens (primary N) is 1. The van der Waals surface area contributed by atoms with E-state index in [4.69, 9.17) is 33.7 Å². The number of benzene rings is 1. The molecule has 0 saturated carbocycles. The van der Waals surface area contributed by atoms with Crippen molar-refractivity contribution in [3.05, 3.63) is 33.9 Å². The molecule has 18 heavy (non-hydrogen) atoms. The first-order chi connectivity index (χ1) is 8.52. The molecule has 1 aromatic heterocycles. The molecule has 96 valence electrons. The molecule has 1 aromatic carbocycles.